The molecule has 2 rings (SSSR count). The van der Waals surface area contributed by atoms with Crippen LogP contribution >= 0.6 is 22.6 Å². The highest BCUT2D eigenvalue weighted by Gasteiger charge is 2.25. The van der Waals surface area contributed by atoms with E-state index in [0.29, 0.717) is 6.10 Å². The minimum atomic E-state index is 0.445. The van der Waals surface area contributed by atoms with Gasteiger partial charge >= 0.3 is 0 Å². The molecule has 14 heavy (non-hydrogen) atoms. The number of halogens is 1. The van der Waals surface area contributed by atoms with Crippen molar-refractivity contribution in [2.75, 3.05) is 19.0 Å². The van der Waals surface area contributed by atoms with Crippen LogP contribution in [0.1, 0.15) is 12.8 Å². The molecule has 1 aromatic heterocycles. The lowest BCUT2D eigenvalue weighted by Gasteiger charge is -2.15. The van der Waals surface area contributed by atoms with Gasteiger partial charge in [-0.05, 0) is 41.5 Å². The average Bonchev–Trinajstić information content (AvgIpc) is 2.92. The van der Waals surface area contributed by atoms with Crippen LogP contribution in [0, 0.1) is 3.57 Å². The Morgan fingerprint density at radius 2 is 2.21 bits per heavy atom. The SMILES string of the molecule is CN(C)c1nccc(OC2CC2)c1I. The van der Waals surface area contributed by atoms with Gasteiger partial charge in [-0.2, -0.15) is 0 Å². The summed E-state index contributed by atoms with van der Waals surface area (Å²) in [5.41, 5.74) is 0. The Labute approximate surface area is 97.6 Å². The maximum Gasteiger partial charge on any atom is 0.145 e. The Balaban J connectivity index is 2.25. The molecule has 1 heterocycles. The summed E-state index contributed by atoms with van der Waals surface area (Å²) in [5.74, 6) is 1.94. The zero-order valence-corrected chi connectivity index (χ0v) is 10.5. The molecule has 0 saturated heterocycles. The minimum absolute atomic E-state index is 0.445. The monoisotopic (exact) mass is 304 g/mol. The summed E-state index contributed by atoms with van der Waals surface area (Å²) in [6.45, 7) is 0. The molecular weight excluding hydrogens is 291 g/mol. The van der Waals surface area contributed by atoms with E-state index in [1.165, 1.54) is 12.8 Å². The quantitative estimate of drug-likeness (QED) is 0.801. The predicted octanol–water partition coefficient (Wildman–Crippen LogP) is 2.29. The molecule has 0 unspecified atom stereocenters. The molecule has 1 aromatic rings. The van der Waals surface area contributed by atoms with E-state index in [1.807, 2.05) is 25.1 Å². The third-order valence-electron chi connectivity index (χ3n) is 2.08. The fourth-order valence-electron chi connectivity index (χ4n) is 1.18. The highest BCUT2D eigenvalue weighted by molar-refractivity contribution is 14.1. The lowest BCUT2D eigenvalue weighted by Crippen LogP contribution is -2.13. The number of anilines is 1. The van der Waals surface area contributed by atoms with E-state index < -0.39 is 0 Å². The van der Waals surface area contributed by atoms with Gasteiger partial charge in [-0.1, -0.05) is 0 Å². The molecule has 1 fully saturated rings. The number of hydrogen-bond donors (Lipinski definition) is 0. The average molecular weight is 304 g/mol. The topological polar surface area (TPSA) is 25.4 Å². The molecule has 0 aromatic carbocycles. The Hall–Kier alpha value is -0.520. The first kappa shape index (κ1) is 10.0. The van der Waals surface area contributed by atoms with Crippen LogP contribution in [-0.4, -0.2) is 25.2 Å². The largest absolute Gasteiger partial charge is 0.489 e. The van der Waals surface area contributed by atoms with Crippen molar-refractivity contribution in [3.63, 3.8) is 0 Å². The molecule has 1 saturated carbocycles. The molecular formula is C10H13IN2O. The van der Waals surface area contributed by atoms with Crippen LogP contribution in [0.25, 0.3) is 0 Å². The Kier molecular flexibility index (Phi) is 2.80. The normalized spacial score (nSPS) is 15.4. The second-order valence-corrected chi connectivity index (χ2v) is 4.74. The van der Waals surface area contributed by atoms with Crippen molar-refractivity contribution >= 4 is 28.4 Å². The molecule has 76 valence electrons. The lowest BCUT2D eigenvalue weighted by atomic mass is 10.4. The molecule has 0 spiro atoms. The van der Waals surface area contributed by atoms with Gasteiger partial charge in [0.1, 0.15) is 11.6 Å². The van der Waals surface area contributed by atoms with Crippen LogP contribution in [0.15, 0.2) is 12.3 Å². The summed E-state index contributed by atoms with van der Waals surface area (Å²) >= 11 is 2.29. The van der Waals surface area contributed by atoms with E-state index in [0.717, 1.165) is 15.1 Å². The number of nitrogens with zero attached hydrogens (tertiary/aromatic N) is 2. The van der Waals surface area contributed by atoms with Crippen molar-refractivity contribution in [1.82, 2.24) is 4.98 Å². The van der Waals surface area contributed by atoms with Crippen molar-refractivity contribution in [1.29, 1.82) is 0 Å². The van der Waals surface area contributed by atoms with Crippen molar-refractivity contribution in [2.24, 2.45) is 0 Å². The smallest absolute Gasteiger partial charge is 0.145 e. The van der Waals surface area contributed by atoms with E-state index in [9.17, 15) is 0 Å². The maximum atomic E-state index is 5.77. The van der Waals surface area contributed by atoms with Gasteiger partial charge in [-0.3, -0.25) is 0 Å². The van der Waals surface area contributed by atoms with Gasteiger partial charge in [0.05, 0.1) is 9.67 Å². The first-order valence-electron chi connectivity index (χ1n) is 4.67. The van der Waals surface area contributed by atoms with Crippen LogP contribution in [-0.2, 0) is 0 Å². The van der Waals surface area contributed by atoms with Gasteiger partial charge < -0.3 is 9.64 Å². The van der Waals surface area contributed by atoms with Gasteiger partial charge in [0, 0.05) is 20.3 Å². The van der Waals surface area contributed by atoms with Crippen molar-refractivity contribution in [3.8, 4) is 5.75 Å². The van der Waals surface area contributed by atoms with Crippen LogP contribution < -0.4 is 9.64 Å². The molecule has 0 atom stereocenters. The highest BCUT2D eigenvalue weighted by Crippen LogP contribution is 2.32. The van der Waals surface area contributed by atoms with E-state index >= 15 is 0 Å². The van der Waals surface area contributed by atoms with E-state index in [2.05, 4.69) is 27.6 Å². The highest BCUT2D eigenvalue weighted by atomic mass is 127. The fourth-order valence-corrected chi connectivity index (χ4v) is 2.11. The molecule has 0 amide bonds. The number of aromatic nitrogens is 1. The third kappa shape index (κ3) is 2.10. The summed E-state index contributed by atoms with van der Waals surface area (Å²) in [7, 11) is 3.98. The molecule has 0 bridgehead atoms. The van der Waals surface area contributed by atoms with Crippen LogP contribution in [0.2, 0.25) is 0 Å². The Morgan fingerprint density at radius 3 is 2.79 bits per heavy atom. The zero-order valence-electron chi connectivity index (χ0n) is 8.33. The molecule has 4 heteroatoms. The van der Waals surface area contributed by atoms with E-state index in [-0.39, 0.29) is 0 Å². The summed E-state index contributed by atoms with van der Waals surface area (Å²) in [6, 6.07) is 1.94. The molecule has 1 aliphatic rings. The maximum absolute atomic E-state index is 5.77. The zero-order chi connectivity index (χ0) is 10.1. The van der Waals surface area contributed by atoms with Gasteiger partial charge in [0.2, 0.25) is 0 Å². The number of rotatable bonds is 3. The van der Waals surface area contributed by atoms with Gasteiger partial charge in [-0.15, -0.1) is 0 Å². The van der Waals surface area contributed by atoms with Gasteiger partial charge in [0.15, 0.2) is 0 Å². The summed E-state index contributed by atoms with van der Waals surface area (Å²) < 4.78 is 6.87. The minimum Gasteiger partial charge on any atom is -0.489 e. The standard InChI is InChI=1S/C10H13IN2O/c1-13(2)10-9(11)8(5-6-12-10)14-7-3-4-7/h5-7H,3-4H2,1-2H3. The summed E-state index contributed by atoms with van der Waals surface area (Å²) in [4.78, 5) is 6.31. The molecule has 0 radical (unpaired) electrons. The van der Waals surface area contributed by atoms with E-state index in [1.54, 1.807) is 6.20 Å². The first-order chi connectivity index (χ1) is 6.68. The molecule has 0 N–H and O–H groups in total. The molecule has 3 nitrogen and oxygen atoms in total. The number of hydrogen-bond acceptors (Lipinski definition) is 3. The second-order valence-electron chi connectivity index (χ2n) is 3.66. The number of ether oxygens (including phenoxy) is 1. The lowest BCUT2D eigenvalue weighted by molar-refractivity contribution is 0.301. The van der Waals surface area contributed by atoms with Crippen molar-refractivity contribution < 1.29 is 4.74 Å². The van der Waals surface area contributed by atoms with Gasteiger partial charge in [0.25, 0.3) is 0 Å². The Morgan fingerprint density at radius 1 is 1.50 bits per heavy atom. The van der Waals surface area contributed by atoms with Crippen LogP contribution in [0.3, 0.4) is 0 Å². The summed E-state index contributed by atoms with van der Waals surface area (Å²) in [5, 5.41) is 0. The Bertz CT molecular complexity index is 337. The molecule has 1 aliphatic carbocycles. The molecule has 0 aliphatic heterocycles. The summed E-state index contributed by atoms with van der Waals surface area (Å²) in [6.07, 6.45) is 4.63. The van der Waals surface area contributed by atoms with Crippen molar-refractivity contribution in [2.45, 2.75) is 18.9 Å². The van der Waals surface area contributed by atoms with Crippen LogP contribution in [0.4, 0.5) is 5.82 Å². The van der Waals surface area contributed by atoms with Crippen LogP contribution in [0.5, 0.6) is 5.75 Å². The first-order valence-corrected chi connectivity index (χ1v) is 5.75. The second kappa shape index (κ2) is 3.92. The predicted molar refractivity (Wildman–Crippen MR) is 64.9 cm³/mol. The van der Waals surface area contributed by atoms with Gasteiger partial charge in [-0.25, -0.2) is 4.98 Å². The van der Waals surface area contributed by atoms with Crippen molar-refractivity contribution in [3.05, 3.63) is 15.8 Å². The number of pyridine rings is 1. The third-order valence-corrected chi connectivity index (χ3v) is 3.09. The fraction of sp³-hybridized carbons (Fsp3) is 0.500. The van der Waals surface area contributed by atoms with E-state index in [4.69, 9.17) is 4.74 Å².